The van der Waals surface area contributed by atoms with Crippen LogP contribution in [0.25, 0.3) is 11.1 Å². The SMILES string of the molecule is Cc1cc(Cl)ccc1-c1cccc2c1[C@@H]1CCNCC[C@@H]1N2. The summed E-state index contributed by atoms with van der Waals surface area (Å²) in [5.74, 6) is 0.608. The molecule has 2 aromatic carbocycles. The van der Waals surface area contributed by atoms with Gasteiger partial charge in [-0.2, -0.15) is 0 Å². The number of rotatable bonds is 1. The second kappa shape index (κ2) is 5.60. The molecule has 0 spiro atoms. The topological polar surface area (TPSA) is 24.1 Å². The summed E-state index contributed by atoms with van der Waals surface area (Å²) in [6, 6.07) is 13.4. The number of fused-ring (bicyclic) bond motifs is 3. The molecular weight excluding hydrogens is 292 g/mol. The number of anilines is 1. The fourth-order valence-corrected chi connectivity index (χ4v) is 4.24. The summed E-state index contributed by atoms with van der Waals surface area (Å²) in [7, 11) is 0. The van der Waals surface area contributed by atoms with Crippen molar-refractivity contribution in [3.63, 3.8) is 0 Å². The van der Waals surface area contributed by atoms with E-state index in [1.54, 1.807) is 0 Å². The van der Waals surface area contributed by atoms with Crippen LogP contribution < -0.4 is 10.6 Å². The van der Waals surface area contributed by atoms with Crippen molar-refractivity contribution in [3.8, 4) is 11.1 Å². The highest BCUT2D eigenvalue weighted by atomic mass is 35.5. The van der Waals surface area contributed by atoms with Crippen molar-refractivity contribution in [2.45, 2.75) is 31.7 Å². The van der Waals surface area contributed by atoms with Gasteiger partial charge in [-0.25, -0.2) is 0 Å². The van der Waals surface area contributed by atoms with Gasteiger partial charge in [0.2, 0.25) is 0 Å². The van der Waals surface area contributed by atoms with Gasteiger partial charge in [0, 0.05) is 22.7 Å². The van der Waals surface area contributed by atoms with E-state index >= 15 is 0 Å². The minimum Gasteiger partial charge on any atom is -0.381 e. The van der Waals surface area contributed by atoms with Crippen LogP contribution in [0.5, 0.6) is 0 Å². The number of halogens is 1. The zero-order chi connectivity index (χ0) is 15.1. The molecule has 1 saturated heterocycles. The third kappa shape index (κ3) is 2.31. The van der Waals surface area contributed by atoms with Gasteiger partial charge in [-0.3, -0.25) is 0 Å². The molecule has 0 bridgehead atoms. The van der Waals surface area contributed by atoms with Crippen molar-refractivity contribution in [1.82, 2.24) is 5.32 Å². The quantitative estimate of drug-likeness (QED) is 0.805. The average molecular weight is 313 g/mol. The van der Waals surface area contributed by atoms with Crippen LogP contribution in [0.4, 0.5) is 5.69 Å². The van der Waals surface area contributed by atoms with Gasteiger partial charge in [0.1, 0.15) is 0 Å². The summed E-state index contributed by atoms with van der Waals surface area (Å²) in [4.78, 5) is 0. The third-order valence-electron chi connectivity index (χ3n) is 5.05. The zero-order valence-electron chi connectivity index (χ0n) is 12.8. The summed E-state index contributed by atoms with van der Waals surface area (Å²) in [6.07, 6.45) is 2.40. The molecule has 4 rings (SSSR count). The molecule has 114 valence electrons. The Balaban J connectivity index is 1.84. The smallest absolute Gasteiger partial charge is 0.0409 e. The van der Waals surface area contributed by atoms with Gasteiger partial charge in [-0.15, -0.1) is 0 Å². The summed E-state index contributed by atoms with van der Waals surface area (Å²) in [5, 5.41) is 8.09. The third-order valence-corrected chi connectivity index (χ3v) is 5.28. The maximum Gasteiger partial charge on any atom is 0.0409 e. The van der Waals surface area contributed by atoms with Crippen molar-refractivity contribution in [2.24, 2.45) is 0 Å². The van der Waals surface area contributed by atoms with Gasteiger partial charge >= 0.3 is 0 Å². The van der Waals surface area contributed by atoms with Gasteiger partial charge in [0.05, 0.1) is 0 Å². The average Bonchev–Trinajstić information content (AvgIpc) is 2.70. The van der Waals surface area contributed by atoms with E-state index in [1.165, 1.54) is 40.8 Å². The Hall–Kier alpha value is -1.51. The molecule has 2 aromatic rings. The van der Waals surface area contributed by atoms with Crippen LogP contribution in [0.3, 0.4) is 0 Å². The summed E-state index contributed by atoms with van der Waals surface area (Å²) in [5.41, 5.74) is 6.75. The number of aryl methyl sites for hydroxylation is 1. The van der Waals surface area contributed by atoms with Crippen LogP contribution in [-0.4, -0.2) is 19.1 Å². The Labute approximate surface area is 136 Å². The largest absolute Gasteiger partial charge is 0.381 e. The highest BCUT2D eigenvalue weighted by molar-refractivity contribution is 6.30. The molecule has 2 aliphatic heterocycles. The van der Waals surface area contributed by atoms with Crippen molar-refractivity contribution < 1.29 is 0 Å². The van der Waals surface area contributed by atoms with E-state index < -0.39 is 0 Å². The zero-order valence-corrected chi connectivity index (χ0v) is 13.6. The number of hydrogen-bond donors (Lipinski definition) is 2. The molecule has 0 saturated carbocycles. The highest BCUT2D eigenvalue weighted by Gasteiger charge is 2.34. The van der Waals surface area contributed by atoms with Gasteiger partial charge in [0.15, 0.2) is 0 Å². The fraction of sp³-hybridized carbons (Fsp3) is 0.368. The normalized spacial score (nSPS) is 23.4. The lowest BCUT2D eigenvalue weighted by molar-refractivity contribution is 0.579. The van der Waals surface area contributed by atoms with E-state index in [4.69, 9.17) is 11.6 Å². The molecule has 2 heterocycles. The predicted octanol–water partition coefficient (Wildman–Crippen LogP) is 4.58. The van der Waals surface area contributed by atoms with Gasteiger partial charge < -0.3 is 10.6 Å². The monoisotopic (exact) mass is 312 g/mol. The van der Waals surface area contributed by atoms with Gasteiger partial charge in [-0.1, -0.05) is 29.8 Å². The van der Waals surface area contributed by atoms with Crippen molar-refractivity contribution in [2.75, 3.05) is 18.4 Å². The van der Waals surface area contributed by atoms with E-state index in [0.29, 0.717) is 12.0 Å². The fourth-order valence-electron chi connectivity index (χ4n) is 4.02. The summed E-state index contributed by atoms with van der Waals surface area (Å²) in [6.45, 7) is 4.36. The number of nitrogens with one attached hydrogen (secondary N) is 2. The first-order chi connectivity index (χ1) is 10.7. The molecule has 3 heteroatoms. The molecule has 1 fully saturated rings. The Morgan fingerprint density at radius 3 is 2.77 bits per heavy atom. The van der Waals surface area contributed by atoms with Crippen LogP contribution >= 0.6 is 11.6 Å². The Kier molecular flexibility index (Phi) is 3.59. The first-order valence-electron chi connectivity index (χ1n) is 8.11. The van der Waals surface area contributed by atoms with Crippen molar-refractivity contribution in [1.29, 1.82) is 0 Å². The molecule has 2 atom stereocenters. The standard InChI is InChI=1S/C19H21ClN2/c1-12-11-13(20)5-6-14(12)15-3-2-4-18-19(15)16-7-9-21-10-8-17(16)22-18/h2-6,11,16-17,21-22H,7-10H2,1H3/t16-,17+/m1/s1. The Bertz CT molecular complexity index is 711. The molecule has 0 amide bonds. The molecular formula is C19H21ClN2. The summed E-state index contributed by atoms with van der Waals surface area (Å²) < 4.78 is 0. The van der Waals surface area contributed by atoms with E-state index in [0.717, 1.165) is 18.1 Å². The first kappa shape index (κ1) is 14.1. The van der Waals surface area contributed by atoms with E-state index in [9.17, 15) is 0 Å². The predicted molar refractivity (Wildman–Crippen MR) is 93.9 cm³/mol. The van der Waals surface area contributed by atoms with Crippen LogP contribution in [0.1, 0.15) is 29.9 Å². The minimum absolute atomic E-state index is 0.568. The maximum absolute atomic E-state index is 6.13. The van der Waals surface area contributed by atoms with Gasteiger partial charge in [0.25, 0.3) is 0 Å². The molecule has 0 aliphatic carbocycles. The second-order valence-corrected chi connectivity index (χ2v) is 6.85. The molecule has 22 heavy (non-hydrogen) atoms. The van der Waals surface area contributed by atoms with Crippen molar-refractivity contribution >= 4 is 17.3 Å². The van der Waals surface area contributed by atoms with Crippen molar-refractivity contribution in [3.05, 3.63) is 52.5 Å². The van der Waals surface area contributed by atoms with Crippen LogP contribution in [-0.2, 0) is 0 Å². The molecule has 2 nitrogen and oxygen atoms in total. The highest BCUT2D eigenvalue weighted by Crippen LogP contribution is 2.45. The molecule has 0 radical (unpaired) electrons. The first-order valence-corrected chi connectivity index (χ1v) is 8.48. The summed E-state index contributed by atoms with van der Waals surface area (Å²) >= 11 is 6.13. The van der Waals surface area contributed by atoms with E-state index in [2.05, 4.69) is 47.9 Å². The Morgan fingerprint density at radius 1 is 1.05 bits per heavy atom. The maximum atomic E-state index is 6.13. The molecule has 0 aromatic heterocycles. The van der Waals surface area contributed by atoms with Crippen LogP contribution in [0, 0.1) is 6.92 Å². The molecule has 0 unspecified atom stereocenters. The van der Waals surface area contributed by atoms with E-state index in [1.807, 2.05) is 6.07 Å². The second-order valence-electron chi connectivity index (χ2n) is 6.41. The molecule has 2 N–H and O–H groups in total. The lowest BCUT2D eigenvalue weighted by Crippen LogP contribution is -2.21. The Morgan fingerprint density at radius 2 is 1.91 bits per heavy atom. The lowest BCUT2D eigenvalue weighted by atomic mass is 9.85. The molecule has 2 aliphatic rings. The van der Waals surface area contributed by atoms with Crippen LogP contribution in [0.15, 0.2) is 36.4 Å². The van der Waals surface area contributed by atoms with Crippen LogP contribution in [0.2, 0.25) is 5.02 Å². The minimum atomic E-state index is 0.568. The van der Waals surface area contributed by atoms with E-state index in [-0.39, 0.29) is 0 Å². The number of hydrogen-bond acceptors (Lipinski definition) is 2. The number of benzene rings is 2. The van der Waals surface area contributed by atoms with Gasteiger partial charge in [-0.05, 0) is 73.3 Å². The lowest BCUT2D eigenvalue weighted by Gasteiger charge is -2.19.